The van der Waals surface area contributed by atoms with Crippen LogP contribution in [0.5, 0.6) is 0 Å². The van der Waals surface area contributed by atoms with Crippen LogP contribution in [0.3, 0.4) is 0 Å². The quantitative estimate of drug-likeness (QED) is 0.782. The third-order valence-corrected chi connectivity index (χ3v) is 3.86. The first-order valence-corrected chi connectivity index (χ1v) is 7.66. The molecule has 19 heavy (non-hydrogen) atoms. The number of likely N-dealkylation sites (N-methyl/N-ethyl adjacent to an activating group) is 1. The lowest BCUT2D eigenvalue weighted by Gasteiger charge is -2.17. The predicted molar refractivity (Wildman–Crippen MR) is 86.4 cm³/mol. The molecule has 0 saturated heterocycles. The Labute approximate surface area is 131 Å². The van der Waals surface area contributed by atoms with Crippen molar-refractivity contribution in [3.8, 4) is 0 Å². The zero-order valence-electron chi connectivity index (χ0n) is 11.2. The zero-order chi connectivity index (χ0) is 14.4. The summed E-state index contributed by atoms with van der Waals surface area (Å²) in [6.07, 6.45) is 0.891. The average Bonchev–Trinajstić information content (AvgIpc) is 2.31. The molecule has 0 fully saturated rings. The molecule has 3 N–H and O–H groups in total. The summed E-state index contributed by atoms with van der Waals surface area (Å²) in [5.74, 6) is -0.0372. The van der Waals surface area contributed by atoms with Crippen molar-refractivity contribution in [2.75, 3.05) is 32.0 Å². The molecule has 0 saturated carbocycles. The second-order valence-corrected chi connectivity index (χ2v) is 6.24. The van der Waals surface area contributed by atoms with E-state index in [-0.39, 0.29) is 5.91 Å². The van der Waals surface area contributed by atoms with E-state index >= 15 is 0 Å². The van der Waals surface area contributed by atoms with Crippen molar-refractivity contribution in [2.45, 2.75) is 13.3 Å². The monoisotopic (exact) mass is 391 g/mol. The van der Waals surface area contributed by atoms with Crippen LogP contribution in [0.15, 0.2) is 21.1 Å². The number of amides is 1. The third-order valence-electron chi connectivity index (χ3n) is 2.61. The van der Waals surface area contributed by atoms with Crippen LogP contribution in [0.2, 0.25) is 0 Å². The molecule has 1 aromatic carbocycles. The lowest BCUT2D eigenvalue weighted by Crippen LogP contribution is -2.31. The van der Waals surface area contributed by atoms with Crippen molar-refractivity contribution in [1.82, 2.24) is 4.90 Å². The van der Waals surface area contributed by atoms with Gasteiger partial charge in [0.1, 0.15) is 0 Å². The maximum Gasteiger partial charge on any atom is 0.238 e. The van der Waals surface area contributed by atoms with E-state index in [0.29, 0.717) is 13.1 Å². The molecule has 0 radical (unpaired) electrons. The Morgan fingerprint density at radius 1 is 1.37 bits per heavy atom. The highest BCUT2D eigenvalue weighted by atomic mass is 79.9. The van der Waals surface area contributed by atoms with Gasteiger partial charge in [0.05, 0.1) is 12.2 Å². The van der Waals surface area contributed by atoms with Gasteiger partial charge < -0.3 is 11.1 Å². The van der Waals surface area contributed by atoms with Crippen molar-refractivity contribution in [2.24, 2.45) is 5.73 Å². The van der Waals surface area contributed by atoms with E-state index in [1.165, 1.54) is 0 Å². The highest BCUT2D eigenvalue weighted by Gasteiger charge is 2.11. The van der Waals surface area contributed by atoms with Crippen molar-refractivity contribution < 1.29 is 4.79 Å². The summed E-state index contributed by atoms with van der Waals surface area (Å²) >= 11 is 6.92. The Hall–Kier alpha value is -0.430. The van der Waals surface area contributed by atoms with Gasteiger partial charge in [-0.2, -0.15) is 0 Å². The fourth-order valence-electron chi connectivity index (χ4n) is 1.68. The maximum absolute atomic E-state index is 11.9. The lowest BCUT2D eigenvalue weighted by molar-refractivity contribution is -0.117. The summed E-state index contributed by atoms with van der Waals surface area (Å²) < 4.78 is 1.75. The minimum atomic E-state index is -0.0372. The normalized spacial score (nSPS) is 10.8. The molecule has 0 aromatic heterocycles. The van der Waals surface area contributed by atoms with Gasteiger partial charge in [-0.15, -0.1) is 0 Å². The van der Waals surface area contributed by atoms with E-state index in [2.05, 4.69) is 37.2 Å². The van der Waals surface area contributed by atoms with Crippen LogP contribution in [0.25, 0.3) is 0 Å². The molecule has 0 aliphatic rings. The molecule has 0 aliphatic heterocycles. The van der Waals surface area contributed by atoms with Gasteiger partial charge in [0.2, 0.25) is 5.91 Å². The second kappa shape index (κ2) is 7.99. The molecule has 6 heteroatoms. The Bertz CT molecular complexity index is 429. The summed E-state index contributed by atoms with van der Waals surface area (Å²) in [6, 6.07) is 3.94. The van der Waals surface area contributed by atoms with Crippen LogP contribution >= 0.6 is 31.9 Å². The molecular formula is C13H19Br2N3O. The molecule has 1 aromatic rings. The second-order valence-electron chi connectivity index (χ2n) is 4.53. The van der Waals surface area contributed by atoms with Crippen molar-refractivity contribution >= 4 is 43.5 Å². The first-order chi connectivity index (χ1) is 8.93. The van der Waals surface area contributed by atoms with E-state index in [4.69, 9.17) is 5.73 Å². The number of carbonyl (C=O) groups excluding carboxylic acids is 1. The maximum atomic E-state index is 11.9. The molecule has 0 atom stereocenters. The summed E-state index contributed by atoms with van der Waals surface area (Å²) in [5, 5.41) is 2.91. The van der Waals surface area contributed by atoms with E-state index in [9.17, 15) is 4.79 Å². The molecule has 0 spiro atoms. The molecular weight excluding hydrogens is 374 g/mol. The van der Waals surface area contributed by atoms with Crippen LogP contribution in [-0.4, -0.2) is 37.5 Å². The minimum absolute atomic E-state index is 0.0372. The van der Waals surface area contributed by atoms with E-state index < -0.39 is 0 Å². The molecule has 0 heterocycles. The van der Waals surface area contributed by atoms with Crippen molar-refractivity contribution in [1.29, 1.82) is 0 Å². The van der Waals surface area contributed by atoms with Crippen molar-refractivity contribution in [3.05, 3.63) is 26.6 Å². The molecule has 0 aliphatic carbocycles. The SMILES string of the molecule is Cc1cc(Br)c(NC(=O)CN(C)CCCN)c(Br)c1. The Morgan fingerprint density at radius 2 is 1.95 bits per heavy atom. The fraction of sp³-hybridized carbons (Fsp3) is 0.462. The first-order valence-electron chi connectivity index (χ1n) is 6.08. The van der Waals surface area contributed by atoms with Gasteiger partial charge in [-0.3, -0.25) is 9.69 Å². The number of benzene rings is 1. The molecule has 4 nitrogen and oxygen atoms in total. The number of nitrogens with one attached hydrogen (secondary N) is 1. The number of hydrogen-bond donors (Lipinski definition) is 2. The first kappa shape index (κ1) is 16.6. The zero-order valence-corrected chi connectivity index (χ0v) is 14.3. The molecule has 0 unspecified atom stereocenters. The van der Waals surface area contributed by atoms with E-state index in [1.54, 1.807) is 0 Å². The third kappa shape index (κ3) is 5.60. The minimum Gasteiger partial charge on any atom is -0.330 e. The smallest absolute Gasteiger partial charge is 0.238 e. The number of aryl methyl sites for hydroxylation is 1. The van der Waals surface area contributed by atoms with Crippen LogP contribution in [0.1, 0.15) is 12.0 Å². The van der Waals surface area contributed by atoms with Gasteiger partial charge in [0.25, 0.3) is 0 Å². The predicted octanol–water partition coefficient (Wildman–Crippen LogP) is 2.74. The summed E-state index contributed by atoms with van der Waals surface area (Å²) in [5.41, 5.74) is 7.33. The number of nitrogens with two attached hydrogens (primary N) is 1. The average molecular weight is 393 g/mol. The highest BCUT2D eigenvalue weighted by molar-refractivity contribution is 9.11. The summed E-state index contributed by atoms with van der Waals surface area (Å²) in [7, 11) is 1.91. The Morgan fingerprint density at radius 3 is 2.47 bits per heavy atom. The van der Waals surface area contributed by atoms with Gasteiger partial charge in [-0.1, -0.05) is 0 Å². The number of carbonyl (C=O) groups is 1. The van der Waals surface area contributed by atoms with E-state index in [1.807, 2.05) is 31.0 Å². The number of hydrogen-bond acceptors (Lipinski definition) is 3. The number of halogens is 2. The van der Waals surface area contributed by atoms with Crippen LogP contribution in [0.4, 0.5) is 5.69 Å². The number of rotatable bonds is 6. The Kier molecular flexibility index (Phi) is 6.99. The summed E-state index contributed by atoms with van der Waals surface area (Å²) in [6.45, 7) is 3.82. The van der Waals surface area contributed by atoms with Gasteiger partial charge in [0.15, 0.2) is 0 Å². The lowest BCUT2D eigenvalue weighted by atomic mass is 10.2. The van der Waals surface area contributed by atoms with Gasteiger partial charge in [-0.25, -0.2) is 0 Å². The molecule has 1 rings (SSSR count). The van der Waals surface area contributed by atoms with Gasteiger partial charge in [0, 0.05) is 8.95 Å². The highest BCUT2D eigenvalue weighted by Crippen LogP contribution is 2.32. The molecule has 106 valence electrons. The van der Waals surface area contributed by atoms with Crippen LogP contribution in [0, 0.1) is 6.92 Å². The van der Waals surface area contributed by atoms with Gasteiger partial charge in [-0.05, 0) is 83.0 Å². The number of nitrogens with zero attached hydrogens (tertiary/aromatic N) is 1. The standard InChI is InChI=1S/C13H19Br2N3O/c1-9-6-10(14)13(11(15)7-9)17-12(19)8-18(2)5-3-4-16/h6-7H,3-5,8,16H2,1-2H3,(H,17,19). The van der Waals surface area contributed by atoms with Crippen LogP contribution < -0.4 is 11.1 Å². The number of anilines is 1. The largest absolute Gasteiger partial charge is 0.330 e. The Balaban J connectivity index is 2.62. The fourth-order valence-corrected chi connectivity index (χ4v) is 3.30. The molecule has 1 amide bonds. The topological polar surface area (TPSA) is 58.4 Å². The van der Waals surface area contributed by atoms with E-state index in [0.717, 1.165) is 33.2 Å². The summed E-state index contributed by atoms with van der Waals surface area (Å²) in [4.78, 5) is 13.9. The van der Waals surface area contributed by atoms with Crippen molar-refractivity contribution in [3.63, 3.8) is 0 Å². The van der Waals surface area contributed by atoms with Gasteiger partial charge >= 0.3 is 0 Å². The molecule has 0 bridgehead atoms. The van der Waals surface area contributed by atoms with Crippen LogP contribution in [-0.2, 0) is 4.79 Å².